The van der Waals surface area contributed by atoms with Gasteiger partial charge in [0.05, 0.1) is 18.3 Å². The van der Waals surface area contributed by atoms with Gasteiger partial charge in [0, 0.05) is 35.3 Å². The van der Waals surface area contributed by atoms with E-state index in [0.717, 1.165) is 39.3 Å². The van der Waals surface area contributed by atoms with Crippen molar-refractivity contribution in [1.29, 1.82) is 0 Å². The Bertz CT molecular complexity index is 1130. The molecule has 0 aromatic carbocycles. The quantitative estimate of drug-likeness (QED) is 0.602. The Hall–Kier alpha value is -2.79. The van der Waals surface area contributed by atoms with E-state index in [0.29, 0.717) is 18.7 Å². The lowest BCUT2D eigenvalue weighted by molar-refractivity contribution is 0.115. The Morgan fingerprint density at radius 1 is 1.19 bits per heavy atom. The molecule has 11 heteroatoms. The highest BCUT2D eigenvalue weighted by atomic mass is 32.1. The fraction of sp³-hybridized carbons (Fsp3) is 0.476. The second kappa shape index (κ2) is 8.62. The molecule has 0 saturated carbocycles. The zero-order valence-electron chi connectivity index (χ0n) is 17.5. The van der Waals surface area contributed by atoms with Crippen molar-refractivity contribution in [3.63, 3.8) is 0 Å². The molecule has 8 nitrogen and oxygen atoms in total. The van der Waals surface area contributed by atoms with Gasteiger partial charge in [0.15, 0.2) is 0 Å². The van der Waals surface area contributed by atoms with Crippen molar-refractivity contribution in [1.82, 2.24) is 30.4 Å². The molecule has 2 fully saturated rings. The number of nitrogens with one attached hydrogen (secondary N) is 2. The Morgan fingerprint density at radius 3 is 2.66 bits per heavy atom. The number of fused-ring (bicyclic) bond motifs is 3. The number of carbonyl (C=O) groups excluding carboxylic acids is 1. The van der Waals surface area contributed by atoms with Gasteiger partial charge < -0.3 is 10.2 Å². The number of anilines is 1. The van der Waals surface area contributed by atoms with E-state index in [4.69, 9.17) is 0 Å². The second-order valence-corrected chi connectivity index (χ2v) is 9.48. The van der Waals surface area contributed by atoms with Crippen molar-refractivity contribution >= 4 is 34.1 Å². The van der Waals surface area contributed by atoms with Crippen molar-refractivity contribution in [2.45, 2.75) is 57.2 Å². The minimum atomic E-state index is -2.36. The summed E-state index contributed by atoms with van der Waals surface area (Å²) in [7, 11) is 0. The molecule has 5 heterocycles. The minimum absolute atomic E-state index is 0.0258. The van der Waals surface area contributed by atoms with E-state index in [1.807, 2.05) is 17.9 Å². The van der Waals surface area contributed by atoms with Crippen LogP contribution in [0, 0.1) is 6.92 Å². The molecule has 2 N–H and O–H groups in total. The molecule has 2 amide bonds. The molecule has 168 valence electrons. The maximum absolute atomic E-state index is 13.0. The van der Waals surface area contributed by atoms with Crippen LogP contribution in [-0.2, 0) is 0 Å². The largest absolute Gasteiger partial charge is 0.323 e. The first-order valence-electron chi connectivity index (χ1n) is 10.6. The molecule has 3 aromatic rings. The van der Waals surface area contributed by atoms with Crippen LogP contribution in [-0.4, -0.2) is 62.2 Å². The molecule has 3 aromatic heterocycles. The van der Waals surface area contributed by atoms with Crippen molar-refractivity contribution in [2.75, 3.05) is 11.9 Å². The first kappa shape index (κ1) is 21.1. The summed E-state index contributed by atoms with van der Waals surface area (Å²) in [4.78, 5) is 23.7. The number of urea groups is 1. The van der Waals surface area contributed by atoms with Crippen LogP contribution in [0.2, 0.25) is 0 Å². The number of nitrogens with zero attached hydrogens (tertiary/aromatic N) is 5. The third-order valence-electron chi connectivity index (χ3n) is 6.10. The van der Waals surface area contributed by atoms with Gasteiger partial charge in [-0.2, -0.15) is 0 Å². The Morgan fingerprint density at radius 2 is 1.97 bits per heavy atom. The maximum atomic E-state index is 13.0. The number of rotatable bonds is 5. The van der Waals surface area contributed by atoms with Crippen LogP contribution in [0.1, 0.15) is 30.7 Å². The summed E-state index contributed by atoms with van der Waals surface area (Å²) in [5, 5.41) is 16.6. The van der Waals surface area contributed by atoms with Crippen LogP contribution in [0.5, 0.6) is 0 Å². The van der Waals surface area contributed by atoms with Gasteiger partial charge in [0.25, 0.3) is 6.43 Å². The Balaban J connectivity index is 1.29. The van der Waals surface area contributed by atoms with Gasteiger partial charge in [-0.1, -0.05) is 11.3 Å². The first-order valence-corrected chi connectivity index (χ1v) is 11.4. The van der Waals surface area contributed by atoms with E-state index >= 15 is 0 Å². The molecule has 0 aliphatic carbocycles. The standard InChI is InChI=1S/C21H23F2N7OS/c1-11-28-29-20(32-11)13-4-12-5-19(26-9-17(12)25-8-13)27-21(31)30-15-2-3-16(30)7-14(6-15)24-10-18(22)23/h4-5,8-9,14-16,18,24H,2-3,6-7,10H2,1H3,(H,26,27,31)/t14?,15-,16?/m0/s1. The third kappa shape index (κ3) is 4.26. The Kier molecular flexibility index (Phi) is 5.68. The van der Waals surface area contributed by atoms with E-state index in [1.54, 1.807) is 18.5 Å². The molecule has 2 bridgehead atoms. The van der Waals surface area contributed by atoms with Gasteiger partial charge in [0.1, 0.15) is 15.8 Å². The van der Waals surface area contributed by atoms with Crippen LogP contribution < -0.4 is 10.6 Å². The molecule has 32 heavy (non-hydrogen) atoms. The summed E-state index contributed by atoms with van der Waals surface area (Å²) in [6, 6.07) is 3.70. The molecule has 2 aliphatic rings. The van der Waals surface area contributed by atoms with Gasteiger partial charge in [-0.05, 0) is 44.7 Å². The fourth-order valence-corrected chi connectivity index (χ4v) is 5.41. The van der Waals surface area contributed by atoms with E-state index < -0.39 is 6.43 Å². The lowest BCUT2D eigenvalue weighted by atomic mass is 9.97. The number of hydrogen-bond acceptors (Lipinski definition) is 7. The average Bonchev–Trinajstić information content (AvgIpc) is 3.32. The molecule has 5 rings (SSSR count). The van der Waals surface area contributed by atoms with E-state index in [9.17, 15) is 13.6 Å². The summed E-state index contributed by atoms with van der Waals surface area (Å²) < 4.78 is 25.1. The minimum Gasteiger partial charge on any atom is -0.318 e. The summed E-state index contributed by atoms with van der Waals surface area (Å²) in [5.41, 5.74) is 1.59. The number of alkyl halides is 2. The summed E-state index contributed by atoms with van der Waals surface area (Å²) in [6.45, 7) is 1.60. The predicted molar refractivity (Wildman–Crippen MR) is 118 cm³/mol. The maximum Gasteiger partial charge on any atom is 0.323 e. The smallest absolute Gasteiger partial charge is 0.318 e. The monoisotopic (exact) mass is 459 g/mol. The molecule has 2 aliphatic heterocycles. The van der Waals surface area contributed by atoms with Crippen LogP contribution in [0.15, 0.2) is 24.5 Å². The van der Waals surface area contributed by atoms with Crippen LogP contribution in [0.4, 0.5) is 19.4 Å². The molecular weight excluding hydrogens is 436 g/mol. The van der Waals surface area contributed by atoms with Gasteiger partial charge in [-0.15, -0.1) is 10.2 Å². The topological polar surface area (TPSA) is 95.9 Å². The van der Waals surface area contributed by atoms with Crippen molar-refractivity contribution in [3.05, 3.63) is 29.5 Å². The number of amides is 2. The van der Waals surface area contributed by atoms with Gasteiger partial charge in [-0.25, -0.2) is 18.6 Å². The van der Waals surface area contributed by atoms with E-state index in [2.05, 4.69) is 30.8 Å². The zero-order valence-corrected chi connectivity index (χ0v) is 18.3. The third-order valence-corrected chi connectivity index (χ3v) is 6.99. The lowest BCUT2D eigenvalue weighted by Gasteiger charge is -2.39. The van der Waals surface area contributed by atoms with Crippen molar-refractivity contribution in [2.24, 2.45) is 0 Å². The van der Waals surface area contributed by atoms with Crippen molar-refractivity contribution < 1.29 is 13.6 Å². The number of aryl methyl sites for hydroxylation is 1. The number of pyridine rings is 2. The number of piperidine rings is 1. The van der Waals surface area contributed by atoms with Gasteiger partial charge >= 0.3 is 6.03 Å². The number of carbonyl (C=O) groups is 1. The molecule has 0 radical (unpaired) electrons. The molecule has 2 unspecified atom stereocenters. The van der Waals surface area contributed by atoms with Crippen LogP contribution in [0.3, 0.4) is 0 Å². The van der Waals surface area contributed by atoms with Crippen molar-refractivity contribution in [3.8, 4) is 10.6 Å². The molecule has 2 saturated heterocycles. The zero-order chi connectivity index (χ0) is 22.2. The normalized spacial score (nSPS) is 22.6. The van der Waals surface area contributed by atoms with Gasteiger partial charge in [0.2, 0.25) is 0 Å². The van der Waals surface area contributed by atoms with E-state index in [1.165, 1.54) is 11.3 Å². The predicted octanol–water partition coefficient (Wildman–Crippen LogP) is 3.84. The average molecular weight is 460 g/mol. The lowest BCUT2D eigenvalue weighted by Crippen LogP contribution is -2.53. The second-order valence-electron chi connectivity index (χ2n) is 8.30. The van der Waals surface area contributed by atoms with Crippen LogP contribution in [0.25, 0.3) is 21.5 Å². The Labute approximate surface area is 187 Å². The SMILES string of the molecule is Cc1nnc(-c2cnc3cnc(NC(=O)N4C5CC[C@H]4CC(NCC(F)F)C5)cc3c2)s1. The highest BCUT2D eigenvalue weighted by Gasteiger charge is 2.43. The van der Waals surface area contributed by atoms with E-state index in [-0.39, 0.29) is 30.7 Å². The summed E-state index contributed by atoms with van der Waals surface area (Å²) >= 11 is 1.49. The molecule has 0 spiro atoms. The number of halogens is 2. The summed E-state index contributed by atoms with van der Waals surface area (Å²) in [6.07, 6.45) is 4.18. The number of aromatic nitrogens is 4. The highest BCUT2D eigenvalue weighted by Crippen LogP contribution is 2.36. The van der Waals surface area contributed by atoms with Crippen LogP contribution >= 0.6 is 11.3 Å². The summed E-state index contributed by atoms with van der Waals surface area (Å²) in [5.74, 6) is 0.451. The number of hydrogen-bond donors (Lipinski definition) is 2. The first-order chi connectivity index (χ1) is 15.5. The fourth-order valence-electron chi connectivity index (χ4n) is 4.73. The molecular formula is C21H23F2N7OS. The van der Waals surface area contributed by atoms with Gasteiger partial charge in [-0.3, -0.25) is 10.3 Å². The molecule has 3 atom stereocenters. The highest BCUT2D eigenvalue weighted by molar-refractivity contribution is 7.14.